The average Bonchev–Trinajstić information content (AvgIpc) is 3.69. The normalized spacial score (nSPS) is 13.9. The highest BCUT2D eigenvalue weighted by molar-refractivity contribution is 7.45. The van der Waals surface area contributed by atoms with Crippen LogP contribution in [0, 0.1) is 0 Å². The van der Waals surface area contributed by atoms with Gasteiger partial charge in [-0.05, 0) is 102 Å². The zero-order valence-electron chi connectivity index (χ0n) is 58.2. The number of esters is 1. The predicted molar refractivity (Wildman–Crippen MR) is 376 cm³/mol. The number of likely N-dealkylation sites (N-methyl/N-ethyl adjacent to an activating group) is 1. The summed E-state index contributed by atoms with van der Waals surface area (Å²) in [5.74, 6) is -0.536. The number of quaternary nitrogens is 1. The van der Waals surface area contributed by atoms with Crippen molar-refractivity contribution in [2.75, 3.05) is 40.9 Å². The largest absolute Gasteiger partial charge is 0.756 e. The molecule has 0 aromatic carbocycles. The standard InChI is InChI=1S/C77H143N2O7P/c1-7-10-13-16-19-22-25-28-30-32-34-36-37-38-39-40-41-43-45-47-49-52-55-58-61-64-67-70-77(81)86-75(68-65-62-59-56-53-50-27-24-21-18-15-12-9-3)74(73-85-87(82,83)84-72-71-79(4,5)6)78-76(80)69-66-63-60-57-54-51-48-46-44-42-35-33-31-29-26-23-20-17-14-11-8-2/h19-20,22-23,28-31,35,42,65,68,74-75H,7-18,21,24-27,32-34,36-41,43-64,66-67,69-73H2,1-6H3,(H-,78,80,82,83)/b22-19-,23-20-,30-28-,31-29-,42-35-,68-65-. The van der Waals surface area contributed by atoms with E-state index < -0.39 is 26.6 Å². The highest BCUT2D eigenvalue weighted by Crippen LogP contribution is 2.38. The summed E-state index contributed by atoms with van der Waals surface area (Å²) in [6, 6.07) is -0.895. The summed E-state index contributed by atoms with van der Waals surface area (Å²) in [5, 5.41) is 3.05. The van der Waals surface area contributed by atoms with E-state index in [1.807, 2.05) is 33.3 Å². The van der Waals surface area contributed by atoms with Gasteiger partial charge in [-0.1, -0.05) is 312 Å². The number of phosphoric ester groups is 1. The number of carbonyl (C=O) groups is 2. The number of hydrogen-bond donors (Lipinski definition) is 1. The van der Waals surface area contributed by atoms with E-state index in [2.05, 4.69) is 86.8 Å². The number of nitrogens with one attached hydrogen (secondary N) is 1. The molecule has 0 saturated heterocycles. The van der Waals surface area contributed by atoms with Crippen LogP contribution in [0.4, 0.5) is 0 Å². The Balaban J connectivity index is 5.03. The molecule has 0 aliphatic rings. The predicted octanol–water partition coefficient (Wildman–Crippen LogP) is 23.3. The first-order chi connectivity index (χ1) is 42.4. The molecule has 9 nitrogen and oxygen atoms in total. The maximum atomic E-state index is 13.6. The summed E-state index contributed by atoms with van der Waals surface area (Å²) < 4.78 is 30.5. The second-order valence-corrected chi connectivity index (χ2v) is 27.9. The van der Waals surface area contributed by atoms with Crippen LogP contribution in [0.5, 0.6) is 0 Å². The molecule has 1 amide bonds. The van der Waals surface area contributed by atoms with Crippen LogP contribution < -0.4 is 10.2 Å². The molecule has 0 bridgehead atoms. The van der Waals surface area contributed by atoms with E-state index in [4.69, 9.17) is 13.8 Å². The first kappa shape index (κ1) is 84.5. The lowest BCUT2D eigenvalue weighted by molar-refractivity contribution is -0.870. The van der Waals surface area contributed by atoms with Gasteiger partial charge in [-0.25, -0.2) is 0 Å². The third-order valence-corrected chi connectivity index (χ3v) is 17.6. The van der Waals surface area contributed by atoms with Crippen molar-refractivity contribution in [1.82, 2.24) is 5.32 Å². The van der Waals surface area contributed by atoms with Crippen molar-refractivity contribution < 1.29 is 37.3 Å². The molecule has 87 heavy (non-hydrogen) atoms. The van der Waals surface area contributed by atoms with Gasteiger partial charge in [0.05, 0.1) is 33.8 Å². The number of amides is 1. The van der Waals surface area contributed by atoms with Gasteiger partial charge in [0.25, 0.3) is 7.82 Å². The second kappa shape index (κ2) is 66.4. The molecule has 3 unspecified atom stereocenters. The van der Waals surface area contributed by atoms with E-state index >= 15 is 0 Å². The smallest absolute Gasteiger partial charge is 0.306 e. The highest BCUT2D eigenvalue weighted by atomic mass is 31.2. The summed E-state index contributed by atoms with van der Waals surface area (Å²) in [7, 11) is 1.19. The first-order valence-electron chi connectivity index (χ1n) is 37.2. The topological polar surface area (TPSA) is 114 Å². The zero-order chi connectivity index (χ0) is 63.5. The van der Waals surface area contributed by atoms with Crippen LogP contribution in [0.3, 0.4) is 0 Å². The maximum Gasteiger partial charge on any atom is 0.306 e. The van der Waals surface area contributed by atoms with Crippen LogP contribution >= 0.6 is 7.82 Å². The molecule has 10 heteroatoms. The summed E-state index contributed by atoms with van der Waals surface area (Å²) in [4.78, 5) is 40.3. The summed E-state index contributed by atoms with van der Waals surface area (Å²) in [5.41, 5.74) is 0. The van der Waals surface area contributed by atoms with Crippen LogP contribution in [-0.4, -0.2) is 69.4 Å². The Morgan fingerprint density at radius 3 is 1.07 bits per heavy atom. The van der Waals surface area contributed by atoms with Crippen LogP contribution in [-0.2, 0) is 27.9 Å². The summed E-state index contributed by atoms with van der Waals surface area (Å²) in [6.45, 7) is 6.83. The van der Waals surface area contributed by atoms with E-state index in [0.717, 1.165) is 89.9 Å². The molecule has 0 heterocycles. The van der Waals surface area contributed by atoms with Crippen molar-refractivity contribution in [2.24, 2.45) is 0 Å². The van der Waals surface area contributed by atoms with E-state index in [9.17, 15) is 19.0 Å². The number of carbonyl (C=O) groups excluding carboxylic acids is 2. The Morgan fingerprint density at radius 1 is 0.402 bits per heavy atom. The van der Waals surface area contributed by atoms with Crippen molar-refractivity contribution >= 4 is 19.7 Å². The minimum Gasteiger partial charge on any atom is -0.756 e. The molecule has 0 rings (SSSR count). The molecule has 0 saturated carbocycles. The van der Waals surface area contributed by atoms with Gasteiger partial charge in [-0.2, -0.15) is 0 Å². The van der Waals surface area contributed by atoms with Crippen molar-refractivity contribution in [3.05, 3.63) is 72.9 Å². The minimum atomic E-state index is -4.71. The molecule has 0 aromatic rings. The van der Waals surface area contributed by atoms with Crippen LogP contribution in [0.2, 0.25) is 0 Å². The number of hydrogen-bond acceptors (Lipinski definition) is 7. The number of nitrogens with zero attached hydrogens (tertiary/aromatic N) is 1. The van der Waals surface area contributed by atoms with Crippen LogP contribution in [0.1, 0.15) is 355 Å². The van der Waals surface area contributed by atoms with Gasteiger partial charge in [-0.15, -0.1) is 0 Å². The van der Waals surface area contributed by atoms with Crippen molar-refractivity contribution in [3.8, 4) is 0 Å². The SMILES string of the molecule is CCCCC/C=C\C/C=C\C/C=C\CCCCCCCCCCC(=O)NC(COP(=O)([O-])OCC[N+](C)(C)C)C(/C=C\CCCCCCCCCCCCC)OC(=O)CCCCCCCCCCCCCCCCCCC/C=C\C/C=C\CCCCC. The first-order valence-corrected chi connectivity index (χ1v) is 38.7. The molecule has 0 aliphatic heterocycles. The molecule has 0 fully saturated rings. The molecule has 508 valence electrons. The number of allylic oxidation sites excluding steroid dienone is 11. The molecule has 1 N–H and O–H groups in total. The Labute approximate surface area is 540 Å². The van der Waals surface area contributed by atoms with Gasteiger partial charge >= 0.3 is 5.97 Å². The van der Waals surface area contributed by atoms with E-state index in [1.165, 1.54) is 231 Å². The Kier molecular flexibility index (Phi) is 64.4. The van der Waals surface area contributed by atoms with Crippen molar-refractivity contribution in [1.29, 1.82) is 0 Å². The third-order valence-electron chi connectivity index (χ3n) is 16.6. The maximum absolute atomic E-state index is 13.6. The number of unbranched alkanes of at least 4 members (excludes halogenated alkanes) is 42. The molecule has 0 spiro atoms. The van der Waals surface area contributed by atoms with E-state index in [1.54, 1.807) is 0 Å². The summed E-state index contributed by atoms with van der Waals surface area (Å²) in [6.07, 6.45) is 87.4. The average molecular weight is 1240 g/mol. The lowest BCUT2D eigenvalue weighted by Gasteiger charge is -2.30. The lowest BCUT2D eigenvalue weighted by atomic mass is 10.0. The minimum absolute atomic E-state index is 0.0244. The van der Waals surface area contributed by atoms with Gasteiger partial charge in [0.2, 0.25) is 5.91 Å². The monoisotopic (exact) mass is 1240 g/mol. The van der Waals surface area contributed by atoms with Crippen molar-refractivity contribution in [3.63, 3.8) is 0 Å². The molecule has 3 atom stereocenters. The Bertz CT molecular complexity index is 1720. The molecular formula is C77H143N2O7P. The molecule has 0 radical (unpaired) electrons. The van der Waals surface area contributed by atoms with E-state index in [0.29, 0.717) is 17.4 Å². The molecule has 0 aromatic heterocycles. The fourth-order valence-corrected chi connectivity index (χ4v) is 11.6. The van der Waals surface area contributed by atoms with E-state index in [-0.39, 0.29) is 24.9 Å². The highest BCUT2D eigenvalue weighted by Gasteiger charge is 2.27. The van der Waals surface area contributed by atoms with Gasteiger partial charge in [0.15, 0.2) is 0 Å². The number of rotatable bonds is 68. The molecule has 0 aliphatic carbocycles. The van der Waals surface area contributed by atoms with Gasteiger partial charge in [0, 0.05) is 12.8 Å². The quantitative estimate of drug-likeness (QED) is 0.0212. The fraction of sp³-hybridized carbons (Fsp3) is 0.818. The fourth-order valence-electron chi connectivity index (χ4n) is 10.9. The lowest BCUT2D eigenvalue weighted by Crippen LogP contribution is -2.47. The van der Waals surface area contributed by atoms with Gasteiger partial charge in [0.1, 0.15) is 19.3 Å². The molecular weight excluding hydrogens is 1100 g/mol. The Morgan fingerprint density at radius 2 is 0.701 bits per heavy atom. The number of ether oxygens (including phenoxy) is 1. The summed E-state index contributed by atoms with van der Waals surface area (Å²) >= 11 is 0. The number of phosphoric acid groups is 1. The second-order valence-electron chi connectivity index (χ2n) is 26.4. The third kappa shape index (κ3) is 67.7. The Hall–Kier alpha value is -2.55. The van der Waals surface area contributed by atoms with Gasteiger partial charge in [-0.3, -0.25) is 14.2 Å². The van der Waals surface area contributed by atoms with Crippen molar-refractivity contribution in [2.45, 2.75) is 367 Å². The van der Waals surface area contributed by atoms with Gasteiger partial charge < -0.3 is 28.5 Å². The van der Waals surface area contributed by atoms with Crippen LogP contribution in [0.25, 0.3) is 0 Å². The van der Waals surface area contributed by atoms with Crippen LogP contribution in [0.15, 0.2) is 72.9 Å². The zero-order valence-corrected chi connectivity index (χ0v) is 59.1.